The van der Waals surface area contributed by atoms with Gasteiger partial charge in [-0.25, -0.2) is 0 Å². The summed E-state index contributed by atoms with van der Waals surface area (Å²) >= 11 is 0. The summed E-state index contributed by atoms with van der Waals surface area (Å²) in [6, 6.07) is 24.0. The second-order valence-corrected chi connectivity index (χ2v) is 9.22. The van der Waals surface area contributed by atoms with E-state index in [2.05, 4.69) is 32.3 Å². The summed E-state index contributed by atoms with van der Waals surface area (Å²) in [5, 5.41) is 4.06. The molecule has 1 saturated heterocycles. The Morgan fingerprint density at radius 1 is 0.944 bits per heavy atom. The Kier molecular flexibility index (Phi) is 7.38. The molecule has 184 valence electrons. The van der Waals surface area contributed by atoms with Gasteiger partial charge in [0.25, 0.3) is 5.91 Å². The van der Waals surface area contributed by atoms with Crippen LogP contribution < -0.4 is 5.32 Å². The smallest absolute Gasteiger partial charge is 0.270 e. The first-order chi connectivity index (χ1) is 17.7. The van der Waals surface area contributed by atoms with Crippen molar-refractivity contribution < 1.29 is 9.59 Å². The molecule has 1 unspecified atom stereocenters. The highest BCUT2D eigenvalue weighted by atomic mass is 16.2. The number of nitrogens with zero attached hydrogens (tertiary/aromatic N) is 3. The van der Waals surface area contributed by atoms with Gasteiger partial charge in [0.15, 0.2) is 0 Å². The molecule has 0 bridgehead atoms. The largest absolute Gasteiger partial charge is 0.354 e. The minimum atomic E-state index is -0.0599. The van der Waals surface area contributed by atoms with E-state index in [-0.39, 0.29) is 17.9 Å². The quantitative estimate of drug-likeness (QED) is 0.459. The van der Waals surface area contributed by atoms with Crippen molar-refractivity contribution in [2.24, 2.45) is 0 Å². The number of aromatic amines is 1. The second-order valence-electron chi connectivity index (χ2n) is 9.22. The van der Waals surface area contributed by atoms with Crippen LogP contribution >= 0.6 is 0 Å². The summed E-state index contributed by atoms with van der Waals surface area (Å²) in [5.41, 5.74) is 3.79. The molecule has 0 aliphatic carbocycles. The number of amides is 2. The number of hydrogen-bond acceptors (Lipinski definition) is 4. The highest BCUT2D eigenvalue weighted by Crippen LogP contribution is 2.27. The molecule has 7 heteroatoms. The lowest BCUT2D eigenvalue weighted by atomic mass is 10.00. The zero-order chi connectivity index (χ0) is 24.7. The molecule has 36 heavy (non-hydrogen) atoms. The van der Waals surface area contributed by atoms with Gasteiger partial charge in [0.1, 0.15) is 5.69 Å². The normalized spacial score (nSPS) is 17.9. The molecule has 2 aromatic heterocycles. The van der Waals surface area contributed by atoms with Crippen molar-refractivity contribution in [3.63, 3.8) is 0 Å². The third-order valence-corrected chi connectivity index (χ3v) is 6.76. The van der Waals surface area contributed by atoms with Gasteiger partial charge < -0.3 is 15.2 Å². The highest BCUT2D eigenvalue weighted by Gasteiger charge is 2.26. The lowest BCUT2D eigenvalue weighted by molar-refractivity contribution is -0.122. The van der Waals surface area contributed by atoms with Crippen LogP contribution in [0, 0.1) is 0 Å². The Hall–Kier alpha value is -3.97. The Morgan fingerprint density at radius 2 is 1.72 bits per heavy atom. The summed E-state index contributed by atoms with van der Waals surface area (Å²) in [4.78, 5) is 38.0. The number of para-hydroxylation sites is 1. The van der Waals surface area contributed by atoms with E-state index in [1.54, 1.807) is 12.4 Å². The SMILES string of the molecule is O=C1CC(c2ccccc2)N(Cc2ccncc2)CCCN(C(=O)c2cc3ccccc3[nH]2)CCN1. The lowest BCUT2D eigenvalue weighted by Crippen LogP contribution is -2.39. The molecule has 0 saturated carbocycles. The molecular formula is C29H31N5O2. The number of aromatic nitrogens is 2. The van der Waals surface area contributed by atoms with Crippen molar-refractivity contribution in [3.8, 4) is 0 Å². The fraction of sp³-hybridized carbons (Fsp3) is 0.276. The first-order valence-electron chi connectivity index (χ1n) is 12.5. The summed E-state index contributed by atoms with van der Waals surface area (Å²) < 4.78 is 0. The van der Waals surface area contributed by atoms with Crippen molar-refractivity contribution in [1.82, 2.24) is 25.1 Å². The van der Waals surface area contributed by atoms with E-state index in [1.807, 2.05) is 65.6 Å². The van der Waals surface area contributed by atoms with Crippen molar-refractivity contribution >= 4 is 22.7 Å². The summed E-state index contributed by atoms with van der Waals surface area (Å²) in [5.74, 6) is -0.0523. The molecule has 1 atom stereocenters. The molecule has 5 rings (SSSR count). The number of nitrogens with one attached hydrogen (secondary N) is 2. The van der Waals surface area contributed by atoms with E-state index in [1.165, 1.54) is 0 Å². The average molecular weight is 482 g/mol. The van der Waals surface area contributed by atoms with E-state index in [0.717, 1.165) is 35.0 Å². The topological polar surface area (TPSA) is 81.3 Å². The molecule has 7 nitrogen and oxygen atoms in total. The third-order valence-electron chi connectivity index (χ3n) is 6.76. The Bertz CT molecular complexity index is 1270. The molecule has 1 aliphatic heterocycles. The molecule has 1 aliphatic rings. The number of carbonyl (C=O) groups is 2. The maximum Gasteiger partial charge on any atom is 0.270 e. The van der Waals surface area contributed by atoms with Gasteiger partial charge in [0.05, 0.1) is 0 Å². The van der Waals surface area contributed by atoms with E-state index in [4.69, 9.17) is 0 Å². The number of fused-ring (bicyclic) bond motifs is 1. The van der Waals surface area contributed by atoms with Gasteiger partial charge in [-0.3, -0.25) is 19.5 Å². The summed E-state index contributed by atoms with van der Waals surface area (Å²) in [6.45, 7) is 2.96. The molecule has 2 N–H and O–H groups in total. The van der Waals surface area contributed by atoms with Gasteiger partial charge in [-0.05, 0) is 41.8 Å². The molecule has 3 heterocycles. The number of carbonyl (C=O) groups excluding carboxylic acids is 2. The van der Waals surface area contributed by atoms with E-state index >= 15 is 0 Å². The van der Waals surface area contributed by atoms with Crippen LogP contribution in [0.1, 0.15) is 40.5 Å². The van der Waals surface area contributed by atoms with Crippen LogP contribution in [0.2, 0.25) is 0 Å². The predicted molar refractivity (Wildman–Crippen MR) is 140 cm³/mol. The fourth-order valence-electron chi connectivity index (χ4n) is 4.92. The van der Waals surface area contributed by atoms with Gasteiger partial charge in [-0.1, -0.05) is 48.5 Å². The maximum absolute atomic E-state index is 13.4. The number of H-pyrrole nitrogens is 1. The zero-order valence-corrected chi connectivity index (χ0v) is 20.3. The van der Waals surface area contributed by atoms with Crippen LogP contribution in [0.25, 0.3) is 10.9 Å². The van der Waals surface area contributed by atoms with Crippen LogP contribution in [0.15, 0.2) is 85.2 Å². The van der Waals surface area contributed by atoms with Gasteiger partial charge in [-0.2, -0.15) is 0 Å². The van der Waals surface area contributed by atoms with Crippen molar-refractivity contribution in [2.75, 3.05) is 26.2 Å². The van der Waals surface area contributed by atoms with Crippen molar-refractivity contribution in [2.45, 2.75) is 25.4 Å². The number of benzene rings is 2. The monoisotopic (exact) mass is 481 g/mol. The summed E-state index contributed by atoms with van der Waals surface area (Å²) in [6.07, 6.45) is 4.76. The third kappa shape index (κ3) is 5.63. The minimum Gasteiger partial charge on any atom is -0.354 e. The van der Waals surface area contributed by atoms with E-state index < -0.39 is 0 Å². The van der Waals surface area contributed by atoms with Gasteiger partial charge in [-0.15, -0.1) is 0 Å². The maximum atomic E-state index is 13.4. The van der Waals surface area contributed by atoms with Gasteiger partial charge in [0, 0.05) is 68.5 Å². The minimum absolute atomic E-state index is 0.0107. The first kappa shape index (κ1) is 23.8. The Morgan fingerprint density at radius 3 is 2.53 bits per heavy atom. The van der Waals surface area contributed by atoms with Crippen molar-refractivity contribution in [3.05, 3.63) is 102 Å². The second kappa shape index (κ2) is 11.2. The molecule has 4 aromatic rings. The van der Waals surface area contributed by atoms with Gasteiger partial charge in [0.2, 0.25) is 5.91 Å². The Balaban J connectivity index is 1.38. The first-order valence-corrected chi connectivity index (χ1v) is 12.5. The summed E-state index contributed by atoms with van der Waals surface area (Å²) in [7, 11) is 0. The van der Waals surface area contributed by atoms with Crippen LogP contribution in [0.3, 0.4) is 0 Å². The van der Waals surface area contributed by atoms with Crippen LogP contribution in [-0.4, -0.2) is 57.8 Å². The number of hydrogen-bond donors (Lipinski definition) is 2. The lowest BCUT2D eigenvalue weighted by Gasteiger charge is -2.32. The fourth-order valence-corrected chi connectivity index (χ4v) is 4.92. The molecule has 0 spiro atoms. The van der Waals surface area contributed by atoms with Crippen LogP contribution in [-0.2, 0) is 11.3 Å². The molecular weight excluding hydrogens is 450 g/mol. The standard InChI is InChI=1S/C29H31N5O2/c35-28-20-27(23-7-2-1-3-8-23)34(21-22-11-13-30-14-12-22)17-6-16-33(18-15-31-28)29(36)26-19-24-9-4-5-10-25(24)32-26/h1-5,7-14,19,27,32H,6,15-18,20-21H2,(H,31,35). The number of rotatable bonds is 4. The number of pyridine rings is 1. The van der Waals surface area contributed by atoms with Crippen molar-refractivity contribution in [1.29, 1.82) is 0 Å². The van der Waals surface area contributed by atoms with Crippen LogP contribution in [0.5, 0.6) is 0 Å². The predicted octanol–water partition coefficient (Wildman–Crippen LogP) is 4.16. The van der Waals surface area contributed by atoms with E-state index in [0.29, 0.717) is 38.3 Å². The van der Waals surface area contributed by atoms with Crippen LogP contribution in [0.4, 0.5) is 0 Å². The molecule has 0 radical (unpaired) electrons. The highest BCUT2D eigenvalue weighted by molar-refractivity contribution is 5.98. The zero-order valence-electron chi connectivity index (χ0n) is 20.3. The average Bonchev–Trinajstić information content (AvgIpc) is 3.34. The molecule has 2 aromatic carbocycles. The molecule has 1 fully saturated rings. The van der Waals surface area contributed by atoms with Gasteiger partial charge >= 0.3 is 0 Å². The Labute approximate surface area is 211 Å². The molecule has 2 amide bonds. The van der Waals surface area contributed by atoms with E-state index in [9.17, 15) is 9.59 Å².